The lowest BCUT2D eigenvalue weighted by molar-refractivity contribution is 0.0938. The second-order valence-electron chi connectivity index (χ2n) is 7.26. The molecular formula is C22H22Cl2FN3O2. The number of hydrogen-bond donors (Lipinski definition) is 1. The van der Waals surface area contributed by atoms with E-state index in [4.69, 9.17) is 27.6 Å². The summed E-state index contributed by atoms with van der Waals surface area (Å²) in [6.45, 7) is 5.09. The Labute approximate surface area is 184 Å². The van der Waals surface area contributed by atoms with Crippen molar-refractivity contribution in [2.75, 3.05) is 0 Å². The van der Waals surface area contributed by atoms with Crippen molar-refractivity contribution in [1.29, 1.82) is 0 Å². The maximum atomic E-state index is 13.3. The van der Waals surface area contributed by atoms with Gasteiger partial charge in [-0.05, 0) is 49.2 Å². The normalized spacial score (nSPS) is 11.3. The Kier molecular flexibility index (Phi) is 7.48. The average molecular weight is 450 g/mol. The molecule has 8 heteroatoms. The number of carbonyl (C=O) groups excluding carboxylic acids is 1. The first-order valence-corrected chi connectivity index (χ1v) is 10.2. The summed E-state index contributed by atoms with van der Waals surface area (Å²) in [5.41, 5.74) is 2.03. The van der Waals surface area contributed by atoms with Gasteiger partial charge in [-0.15, -0.1) is 0 Å². The number of carbonyl (C=O) groups is 1. The number of oxazole rings is 1. The van der Waals surface area contributed by atoms with Crippen LogP contribution in [0.4, 0.5) is 4.39 Å². The standard InChI is InChI=1S/C22H22Cl2FN3O2/c1-14(2)26-22(29)20-13-30-21(27-20)12-28(10-15-3-7-18(25)8-4-15)11-16-5-6-17(23)9-19(16)24/h3-9,13-14H,10-12H2,1-2H3,(H,26,29). The van der Waals surface area contributed by atoms with E-state index in [-0.39, 0.29) is 23.5 Å². The Morgan fingerprint density at radius 2 is 1.87 bits per heavy atom. The second kappa shape index (κ2) is 10.1. The Bertz CT molecular complexity index is 1010. The summed E-state index contributed by atoms with van der Waals surface area (Å²) in [4.78, 5) is 18.5. The van der Waals surface area contributed by atoms with Crippen LogP contribution < -0.4 is 5.32 Å². The lowest BCUT2D eigenvalue weighted by Gasteiger charge is -2.21. The quantitative estimate of drug-likeness (QED) is 0.495. The molecule has 30 heavy (non-hydrogen) atoms. The Morgan fingerprint density at radius 3 is 2.53 bits per heavy atom. The molecule has 2 aromatic carbocycles. The molecular weight excluding hydrogens is 428 g/mol. The van der Waals surface area contributed by atoms with Gasteiger partial charge < -0.3 is 9.73 Å². The van der Waals surface area contributed by atoms with Crippen molar-refractivity contribution in [3.8, 4) is 0 Å². The van der Waals surface area contributed by atoms with Crippen molar-refractivity contribution in [3.05, 3.63) is 87.3 Å². The van der Waals surface area contributed by atoms with Crippen LogP contribution in [0, 0.1) is 5.82 Å². The average Bonchev–Trinajstić information content (AvgIpc) is 3.14. The zero-order valence-electron chi connectivity index (χ0n) is 16.7. The van der Waals surface area contributed by atoms with E-state index in [2.05, 4.69) is 10.3 Å². The number of halogens is 3. The molecule has 0 bridgehead atoms. The van der Waals surface area contributed by atoms with Crippen molar-refractivity contribution in [2.24, 2.45) is 0 Å². The van der Waals surface area contributed by atoms with Crippen LogP contribution in [0.2, 0.25) is 10.0 Å². The summed E-state index contributed by atoms with van der Waals surface area (Å²) in [6.07, 6.45) is 1.35. The Morgan fingerprint density at radius 1 is 1.13 bits per heavy atom. The van der Waals surface area contributed by atoms with Crippen LogP contribution in [0.3, 0.4) is 0 Å². The predicted molar refractivity (Wildman–Crippen MR) is 115 cm³/mol. The van der Waals surface area contributed by atoms with Gasteiger partial charge >= 0.3 is 0 Å². The number of aromatic nitrogens is 1. The maximum absolute atomic E-state index is 13.3. The molecule has 0 aliphatic heterocycles. The minimum atomic E-state index is -0.292. The van der Waals surface area contributed by atoms with Gasteiger partial charge in [-0.3, -0.25) is 9.69 Å². The minimum Gasteiger partial charge on any atom is -0.447 e. The molecule has 0 aliphatic rings. The second-order valence-corrected chi connectivity index (χ2v) is 8.11. The third-order valence-electron chi connectivity index (χ3n) is 4.29. The van der Waals surface area contributed by atoms with E-state index in [9.17, 15) is 9.18 Å². The molecule has 3 aromatic rings. The summed E-state index contributed by atoms with van der Waals surface area (Å²) >= 11 is 12.3. The molecule has 1 heterocycles. The van der Waals surface area contributed by atoms with Gasteiger partial charge in [0.15, 0.2) is 5.69 Å². The van der Waals surface area contributed by atoms with Gasteiger partial charge in [0, 0.05) is 29.2 Å². The highest BCUT2D eigenvalue weighted by atomic mass is 35.5. The number of nitrogens with one attached hydrogen (secondary N) is 1. The highest BCUT2D eigenvalue weighted by Crippen LogP contribution is 2.24. The van der Waals surface area contributed by atoms with E-state index in [1.165, 1.54) is 18.4 Å². The third-order valence-corrected chi connectivity index (χ3v) is 4.88. The van der Waals surface area contributed by atoms with Gasteiger partial charge in [-0.1, -0.05) is 41.4 Å². The molecule has 1 aromatic heterocycles. The van der Waals surface area contributed by atoms with E-state index in [1.807, 2.05) is 24.8 Å². The van der Waals surface area contributed by atoms with Crippen LogP contribution >= 0.6 is 23.2 Å². The Hall–Kier alpha value is -2.41. The van der Waals surface area contributed by atoms with Crippen LogP contribution in [-0.2, 0) is 19.6 Å². The molecule has 1 N–H and O–H groups in total. The highest BCUT2D eigenvalue weighted by molar-refractivity contribution is 6.35. The largest absolute Gasteiger partial charge is 0.447 e. The van der Waals surface area contributed by atoms with Crippen LogP contribution in [0.5, 0.6) is 0 Å². The van der Waals surface area contributed by atoms with E-state index in [1.54, 1.807) is 24.3 Å². The molecule has 0 unspecified atom stereocenters. The van der Waals surface area contributed by atoms with Crippen molar-refractivity contribution in [1.82, 2.24) is 15.2 Å². The summed E-state index contributed by atoms with van der Waals surface area (Å²) < 4.78 is 18.8. The first-order chi connectivity index (χ1) is 14.3. The fourth-order valence-electron chi connectivity index (χ4n) is 2.92. The highest BCUT2D eigenvalue weighted by Gasteiger charge is 2.17. The topological polar surface area (TPSA) is 58.4 Å². The van der Waals surface area contributed by atoms with Crippen molar-refractivity contribution in [2.45, 2.75) is 39.5 Å². The van der Waals surface area contributed by atoms with Gasteiger partial charge in [0.1, 0.15) is 12.1 Å². The van der Waals surface area contributed by atoms with Gasteiger partial charge in [0.05, 0.1) is 6.54 Å². The SMILES string of the molecule is CC(C)NC(=O)c1coc(CN(Cc2ccc(F)cc2)Cc2ccc(Cl)cc2Cl)n1. The van der Waals surface area contributed by atoms with Crippen molar-refractivity contribution >= 4 is 29.1 Å². The molecule has 0 spiro atoms. The van der Waals surface area contributed by atoms with E-state index >= 15 is 0 Å². The smallest absolute Gasteiger partial charge is 0.273 e. The van der Waals surface area contributed by atoms with Gasteiger partial charge in [0.2, 0.25) is 5.89 Å². The first kappa shape index (κ1) is 22.3. The van der Waals surface area contributed by atoms with E-state index in [0.717, 1.165) is 11.1 Å². The molecule has 0 radical (unpaired) electrons. The van der Waals surface area contributed by atoms with Gasteiger partial charge in [-0.2, -0.15) is 0 Å². The minimum absolute atomic E-state index is 0.000305. The molecule has 0 atom stereocenters. The van der Waals surface area contributed by atoms with Gasteiger partial charge in [-0.25, -0.2) is 9.37 Å². The monoisotopic (exact) mass is 449 g/mol. The van der Waals surface area contributed by atoms with Crippen LogP contribution in [-0.4, -0.2) is 21.8 Å². The number of nitrogens with zero attached hydrogens (tertiary/aromatic N) is 2. The molecule has 0 aliphatic carbocycles. The summed E-state index contributed by atoms with van der Waals surface area (Å²) in [5.74, 6) is -0.179. The molecule has 1 amide bonds. The van der Waals surface area contributed by atoms with Gasteiger partial charge in [0.25, 0.3) is 5.91 Å². The lowest BCUT2D eigenvalue weighted by Crippen LogP contribution is -2.30. The van der Waals surface area contributed by atoms with Crippen LogP contribution in [0.1, 0.15) is 41.4 Å². The maximum Gasteiger partial charge on any atom is 0.273 e. The molecule has 5 nitrogen and oxygen atoms in total. The molecule has 3 rings (SSSR count). The first-order valence-electron chi connectivity index (χ1n) is 9.46. The van der Waals surface area contributed by atoms with Crippen molar-refractivity contribution < 1.29 is 13.6 Å². The third kappa shape index (κ3) is 6.29. The zero-order chi connectivity index (χ0) is 21.7. The van der Waals surface area contributed by atoms with Crippen molar-refractivity contribution in [3.63, 3.8) is 0 Å². The summed E-state index contributed by atoms with van der Waals surface area (Å²) in [7, 11) is 0. The summed E-state index contributed by atoms with van der Waals surface area (Å²) in [5, 5.41) is 3.89. The molecule has 0 fully saturated rings. The number of rotatable bonds is 8. The fraction of sp³-hybridized carbons (Fsp3) is 0.273. The van der Waals surface area contributed by atoms with E-state index in [0.29, 0.717) is 35.6 Å². The fourth-order valence-corrected chi connectivity index (χ4v) is 3.39. The molecule has 0 saturated carbocycles. The zero-order valence-corrected chi connectivity index (χ0v) is 18.2. The number of amides is 1. The predicted octanol–water partition coefficient (Wildman–Crippen LogP) is 5.46. The lowest BCUT2D eigenvalue weighted by atomic mass is 10.1. The van der Waals surface area contributed by atoms with E-state index < -0.39 is 0 Å². The Balaban J connectivity index is 1.79. The molecule has 0 saturated heterocycles. The summed E-state index contributed by atoms with van der Waals surface area (Å²) in [6, 6.07) is 11.6. The molecule has 158 valence electrons. The van der Waals surface area contributed by atoms with Crippen LogP contribution in [0.15, 0.2) is 53.1 Å². The number of benzene rings is 2. The van der Waals surface area contributed by atoms with Crippen LogP contribution in [0.25, 0.3) is 0 Å². The number of hydrogen-bond acceptors (Lipinski definition) is 4.